The smallest absolute Gasteiger partial charge is 0.416 e. The molecular formula is C27H31F3N4O3S. The van der Waals surface area contributed by atoms with E-state index in [4.69, 9.17) is 9.57 Å². The molecule has 0 radical (unpaired) electrons. The van der Waals surface area contributed by atoms with E-state index in [1.807, 2.05) is 31.2 Å². The molecule has 2 N–H and O–H groups in total. The summed E-state index contributed by atoms with van der Waals surface area (Å²) in [6.45, 7) is 7.93. The van der Waals surface area contributed by atoms with E-state index in [-0.39, 0.29) is 12.6 Å². The number of hydrogen-bond acceptors (Lipinski definition) is 8. The highest BCUT2D eigenvalue weighted by Gasteiger charge is 2.31. The van der Waals surface area contributed by atoms with Gasteiger partial charge in [0.05, 0.1) is 26.5 Å². The van der Waals surface area contributed by atoms with Gasteiger partial charge in [-0.3, -0.25) is 20.1 Å². The van der Waals surface area contributed by atoms with Crippen LogP contribution in [0.4, 0.5) is 13.2 Å². The van der Waals surface area contributed by atoms with Crippen molar-refractivity contribution < 1.29 is 27.9 Å². The topological polar surface area (TPSA) is 70.1 Å². The molecule has 3 atom stereocenters. The zero-order valence-corrected chi connectivity index (χ0v) is 22.1. The third-order valence-electron chi connectivity index (χ3n) is 6.84. The lowest BCUT2D eigenvalue weighted by atomic mass is 10.1. The van der Waals surface area contributed by atoms with E-state index in [0.717, 1.165) is 52.7 Å². The van der Waals surface area contributed by atoms with Crippen molar-refractivity contribution in [2.75, 3.05) is 39.3 Å². The quantitative estimate of drug-likeness (QED) is 0.429. The predicted molar refractivity (Wildman–Crippen MR) is 140 cm³/mol. The summed E-state index contributed by atoms with van der Waals surface area (Å²) < 4.78 is 45.4. The summed E-state index contributed by atoms with van der Waals surface area (Å²) in [4.78, 5) is 14.6. The number of nitrogens with zero attached hydrogens (tertiary/aromatic N) is 3. The minimum Gasteiger partial charge on any atom is -0.491 e. The number of alkyl halides is 3. The first-order valence-electron chi connectivity index (χ1n) is 12.6. The van der Waals surface area contributed by atoms with Crippen molar-refractivity contribution in [3.8, 4) is 5.75 Å². The van der Waals surface area contributed by atoms with Crippen molar-refractivity contribution in [1.82, 2.24) is 20.3 Å². The maximum atomic E-state index is 12.8. The molecule has 2 aliphatic rings. The van der Waals surface area contributed by atoms with E-state index in [1.165, 1.54) is 12.1 Å². The molecule has 0 saturated carbocycles. The zero-order chi connectivity index (χ0) is 26.9. The van der Waals surface area contributed by atoms with Gasteiger partial charge in [0.15, 0.2) is 0 Å². The van der Waals surface area contributed by atoms with Crippen LogP contribution in [0.2, 0.25) is 0 Å². The normalized spacial score (nSPS) is 21.9. The Morgan fingerprint density at radius 1 is 1.21 bits per heavy atom. The van der Waals surface area contributed by atoms with Gasteiger partial charge in [-0.05, 0) is 49.8 Å². The van der Waals surface area contributed by atoms with E-state index < -0.39 is 23.9 Å². The third-order valence-corrected chi connectivity index (χ3v) is 7.79. The van der Waals surface area contributed by atoms with E-state index in [0.29, 0.717) is 24.4 Å². The number of β-amino-alcohol motifs (C(OH)–C–C–N with tert-alkyl or cyclic N) is 1. The van der Waals surface area contributed by atoms with E-state index in [1.54, 1.807) is 11.3 Å². The Morgan fingerprint density at radius 3 is 2.74 bits per heavy atom. The molecule has 204 valence electrons. The molecule has 0 amide bonds. The molecule has 2 aliphatic heterocycles. The van der Waals surface area contributed by atoms with Crippen molar-refractivity contribution in [3.05, 3.63) is 70.4 Å². The monoisotopic (exact) mass is 548 g/mol. The molecule has 11 heteroatoms. The van der Waals surface area contributed by atoms with Gasteiger partial charge >= 0.3 is 6.18 Å². The van der Waals surface area contributed by atoms with Crippen LogP contribution < -0.4 is 10.2 Å². The van der Waals surface area contributed by atoms with Gasteiger partial charge in [0, 0.05) is 44.8 Å². The van der Waals surface area contributed by atoms with Crippen molar-refractivity contribution in [1.29, 1.82) is 0 Å². The van der Waals surface area contributed by atoms with Crippen LogP contribution in [0.25, 0.3) is 10.2 Å². The highest BCUT2D eigenvalue weighted by atomic mass is 32.1. The Morgan fingerprint density at radius 2 is 2.00 bits per heavy atom. The van der Waals surface area contributed by atoms with Crippen LogP contribution in [-0.2, 0) is 11.0 Å². The minimum absolute atomic E-state index is 0.211. The fourth-order valence-corrected chi connectivity index (χ4v) is 5.65. The van der Waals surface area contributed by atoms with Crippen LogP contribution in [0.5, 0.6) is 5.75 Å². The van der Waals surface area contributed by atoms with Gasteiger partial charge in [-0.25, -0.2) is 4.98 Å². The van der Waals surface area contributed by atoms with Crippen molar-refractivity contribution in [3.63, 3.8) is 0 Å². The molecule has 0 aliphatic carbocycles. The van der Waals surface area contributed by atoms with Gasteiger partial charge < -0.3 is 9.84 Å². The van der Waals surface area contributed by atoms with Crippen molar-refractivity contribution >= 4 is 21.6 Å². The standard InChI is InChI=1S/C27H31F3N4O3S/c1-17-13-33(15-22(35)16-36-23-7-8-26-24(12-23)31-18(2)38-26)9-10-34(17)14-21-11-25(37-32-21)19-3-5-20(6-4-19)27(28,29)30/h3-8,11-12,17,22,25,32,35H,9-10,13-16H2,1-2H3/t17-,22?,25?/m0/s1. The first-order valence-corrected chi connectivity index (χ1v) is 13.4. The highest BCUT2D eigenvalue weighted by molar-refractivity contribution is 7.18. The summed E-state index contributed by atoms with van der Waals surface area (Å²) in [5.41, 5.74) is 4.71. The third kappa shape index (κ3) is 6.47. The van der Waals surface area contributed by atoms with Gasteiger partial charge in [-0.2, -0.15) is 13.2 Å². The predicted octanol–water partition coefficient (Wildman–Crippen LogP) is 4.53. The van der Waals surface area contributed by atoms with Crippen LogP contribution in [0.15, 0.2) is 54.2 Å². The molecule has 3 aromatic rings. The fraction of sp³-hybridized carbons (Fsp3) is 0.444. The summed E-state index contributed by atoms with van der Waals surface area (Å²) in [7, 11) is 0. The Balaban J connectivity index is 1.07. The largest absolute Gasteiger partial charge is 0.491 e. The Kier molecular flexibility index (Phi) is 7.92. The SMILES string of the molecule is Cc1nc2cc(OCC(O)CN3CCN(CC4=CC(c5ccc(C(F)(F)F)cc5)ON4)[C@@H](C)C3)ccc2s1. The second-order valence-electron chi connectivity index (χ2n) is 9.86. The average Bonchev–Trinajstić information content (AvgIpc) is 3.49. The van der Waals surface area contributed by atoms with Crippen molar-refractivity contribution in [2.24, 2.45) is 0 Å². The highest BCUT2D eigenvalue weighted by Crippen LogP contribution is 2.32. The number of thiazole rings is 1. The Hall–Kier alpha value is -2.70. The second-order valence-corrected chi connectivity index (χ2v) is 11.1. The molecular weight excluding hydrogens is 517 g/mol. The number of hydroxylamine groups is 1. The molecule has 1 saturated heterocycles. The lowest BCUT2D eigenvalue weighted by Gasteiger charge is -2.40. The fourth-order valence-electron chi connectivity index (χ4n) is 4.85. The number of benzene rings is 2. The number of aryl methyl sites for hydroxylation is 1. The number of hydrogen-bond donors (Lipinski definition) is 2. The van der Waals surface area contributed by atoms with Crippen molar-refractivity contribution in [2.45, 2.75) is 38.3 Å². The van der Waals surface area contributed by atoms with Gasteiger partial charge in [0.2, 0.25) is 0 Å². The van der Waals surface area contributed by atoms with Gasteiger partial charge in [0.1, 0.15) is 24.6 Å². The van der Waals surface area contributed by atoms with Gasteiger partial charge in [0.25, 0.3) is 0 Å². The van der Waals surface area contributed by atoms with Crippen LogP contribution in [-0.4, -0.2) is 71.4 Å². The van der Waals surface area contributed by atoms with Crippen LogP contribution >= 0.6 is 11.3 Å². The molecule has 2 aromatic carbocycles. The number of fused-ring (bicyclic) bond motifs is 1. The molecule has 1 aromatic heterocycles. The molecule has 1 fully saturated rings. The number of aliphatic hydroxyl groups excluding tert-OH is 1. The van der Waals surface area contributed by atoms with Crippen LogP contribution in [0.1, 0.15) is 29.2 Å². The lowest BCUT2D eigenvalue weighted by Crippen LogP contribution is -2.54. The number of aliphatic hydroxyl groups is 1. The summed E-state index contributed by atoms with van der Waals surface area (Å²) in [6.07, 6.45) is -3.49. The first-order chi connectivity index (χ1) is 18.1. The molecule has 0 bridgehead atoms. The minimum atomic E-state index is -4.36. The molecule has 38 heavy (non-hydrogen) atoms. The Bertz CT molecular complexity index is 1280. The molecule has 3 heterocycles. The number of ether oxygens (including phenoxy) is 1. The number of piperazine rings is 1. The zero-order valence-electron chi connectivity index (χ0n) is 21.2. The molecule has 5 rings (SSSR count). The first kappa shape index (κ1) is 26.9. The number of halogens is 3. The molecule has 2 unspecified atom stereocenters. The summed E-state index contributed by atoms with van der Waals surface area (Å²) in [5.74, 6) is 0.703. The van der Waals surface area contributed by atoms with E-state index in [2.05, 4.69) is 27.2 Å². The molecule has 0 spiro atoms. The van der Waals surface area contributed by atoms with E-state index in [9.17, 15) is 18.3 Å². The Labute approximate surface area is 223 Å². The maximum Gasteiger partial charge on any atom is 0.416 e. The molecule has 7 nitrogen and oxygen atoms in total. The van der Waals surface area contributed by atoms with Crippen LogP contribution in [0.3, 0.4) is 0 Å². The van der Waals surface area contributed by atoms with Gasteiger partial charge in [-0.1, -0.05) is 12.1 Å². The lowest BCUT2D eigenvalue weighted by molar-refractivity contribution is -0.137. The van der Waals surface area contributed by atoms with Gasteiger partial charge in [-0.15, -0.1) is 11.3 Å². The van der Waals surface area contributed by atoms with Crippen LogP contribution in [0, 0.1) is 6.92 Å². The van der Waals surface area contributed by atoms with E-state index >= 15 is 0 Å². The average molecular weight is 549 g/mol. The second kappa shape index (κ2) is 11.2. The summed E-state index contributed by atoms with van der Waals surface area (Å²) >= 11 is 1.64. The number of rotatable bonds is 8. The summed E-state index contributed by atoms with van der Waals surface area (Å²) in [6, 6.07) is 11.1. The summed E-state index contributed by atoms with van der Waals surface area (Å²) in [5, 5.41) is 11.6. The maximum absolute atomic E-state index is 12.8. The number of aromatic nitrogens is 1. The number of nitrogens with one attached hydrogen (secondary N) is 1.